The first kappa shape index (κ1) is 8.27. The summed E-state index contributed by atoms with van der Waals surface area (Å²) in [6, 6.07) is 0. The minimum atomic E-state index is -0.267. The van der Waals surface area contributed by atoms with Crippen LogP contribution in [-0.4, -0.2) is 26.2 Å². The normalized spacial score (nSPS) is 24.3. The Labute approximate surface area is 66.4 Å². The summed E-state index contributed by atoms with van der Waals surface area (Å²) in [5, 5.41) is 3.21. The van der Waals surface area contributed by atoms with Gasteiger partial charge in [0.25, 0.3) is 0 Å². The molecular weight excluding hydrogens is 142 g/mol. The van der Waals surface area contributed by atoms with Crippen LogP contribution in [0.15, 0.2) is 12.2 Å². The van der Waals surface area contributed by atoms with Crippen LogP contribution in [0.25, 0.3) is 0 Å². The number of esters is 1. The van der Waals surface area contributed by atoms with Crippen molar-refractivity contribution in [1.29, 1.82) is 0 Å². The largest absolute Gasteiger partial charge is 0.466 e. The van der Waals surface area contributed by atoms with Crippen molar-refractivity contribution in [2.24, 2.45) is 5.92 Å². The molecule has 0 radical (unpaired) electrons. The number of carbonyl (C=O) groups excluding carboxylic acids is 1. The Morgan fingerprint density at radius 1 is 1.73 bits per heavy atom. The van der Waals surface area contributed by atoms with Gasteiger partial charge in [-0.25, -0.2) is 4.79 Å². The second-order valence-corrected chi connectivity index (χ2v) is 2.64. The van der Waals surface area contributed by atoms with E-state index in [4.69, 9.17) is 0 Å². The smallest absolute Gasteiger partial charge is 0.330 e. The van der Waals surface area contributed by atoms with Crippen molar-refractivity contribution in [3.8, 4) is 0 Å². The van der Waals surface area contributed by atoms with E-state index in [9.17, 15) is 4.79 Å². The summed E-state index contributed by atoms with van der Waals surface area (Å²) < 4.78 is 4.46. The molecule has 1 saturated heterocycles. The fourth-order valence-corrected chi connectivity index (χ4v) is 1.12. The van der Waals surface area contributed by atoms with E-state index in [1.807, 2.05) is 6.08 Å². The number of hydrogen-bond donors (Lipinski definition) is 1. The molecule has 0 spiro atoms. The summed E-state index contributed by atoms with van der Waals surface area (Å²) in [6.07, 6.45) is 4.52. The van der Waals surface area contributed by atoms with Gasteiger partial charge in [-0.05, 0) is 18.9 Å². The van der Waals surface area contributed by atoms with Gasteiger partial charge < -0.3 is 10.1 Å². The molecule has 62 valence electrons. The van der Waals surface area contributed by atoms with Crippen molar-refractivity contribution >= 4 is 5.97 Å². The predicted molar refractivity (Wildman–Crippen MR) is 42.1 cm³/mol. The van der Waals surface area contributed by atoms with Gasteiger partial charge >= 0.3 is 5.97 Å². The van der Waals surface area contributed by atoms with Crippen LogP contribution >= 0.6 is 0 Å². The van der Waals surface area contributed by atoms with Gasteiger partial charge in [-0.3, -0.25) is 0 Å². The molecule has 0 amide bonds. The zero-order valence-corrected chi connectivity index (χ0v) is 6.67. The highest BCUT2D eigenvalue weighted by atomic mass is 16.5. The lowest BCUT2D eigenvalue weighted by Gasteiger charge is -1.97. The third kappa shape index (κ3) is 2.72. The van der Waals surface area contributed by atoms with Crippen molar-refractivity contribution in [1.82, 2.24) is 5.32 Å². The van der Waals surface area contributed by atoms with Gasteiger partial charge in [-0.1, -0.05) is 6.08 Å². The van der Waals surface area contributed by atoms with Gasteiger partial charge in [0.05, 0.1) is 7.11 Å². The van der Waals surface area contributed by atoms with Crippen LogP contribution in [0, 0.1) is 5.92 Å². The van der Waals surface area contributed by atoms with Gasteiger partial charge in [0.2, 0.25) is 0 Å². The molecular formula is C8H13NO2. The number of hydrogen-bond acceptors (Lipinski definition) is 3. The summed E-state index contributed by atoms with van der Waals surface area (Å²) in [4.78, 5) is 10.6. The van der Waals surface area contributed by atoms with Crippen molar-refractivity contribution in [2.75, 3.05) is 20.2 Å². The maximum atomic E-state index is 10.6. The lowest BCUT2D eigenvalue weighted by Crippen LogP contribution is -2.07. The maximum Gasteiger partial charge on any atom is 0.330 e. The van der Waals surface area contributed by atoms with Gasteiger partial charge in [0.1, 0.15) is 0 Å². The average molecular weight is 155 g/mol. The van der Waals surface area contributed by atoms with Crippen LogP contribution in [0.3, 0.4) is 0 Å². The fourth-order valence-electron chi connectivity index (χ4n) is 1.12. The highest BCUT2D eigenvalue weighted by Gasteiger charge is 2.10. The molecule has 1 N–H and O–H groups in total. The number of nitrogens with one attached hydrogen (secondary N) is 1. The molecule has 11 heavy (non-hydrogen) atoms. The molecule has 1 aliphatic heterocycles. The molecule has 0 bridgehead atoms. The molecule has 3 heteroatoms. The van der Waals surface area contributed by atoms with E-state index in [1.54, 1.807) is 0 Å². The first-order valence-corrected chi connectivity index (χ1v) is 3.80. The lowest BCUT2D eigenvalue weighted by molar-refractivity contribution is -0.134. The Hall–Kier alpha value is -0.830. The molecule has 1 atom stereocenters. The molecule has 3 nitrogen and oxygen atoms in total. The second kappa shape index (κ2) is 4.13. The maximum absolute atomic E-state index is 10.6. The quantitative estimate of drug-likeness (QED) is 0.461. The van der Waals surface area contributed by atoms with Gasteiger partial charge in [-0.2, -0.15) is 0 Å². The molecule has 0 aromatic heterocycles. The Morgan fingerprint density at radius 3 is 3.09 bits per heavy atom. The minimum Gasteiger partial charge on any atom is -0.466 e. The van der Waals surface area contributed by atoms with Crippen LogP contribution in [0.1, 0.15) is 6.42 Å². The molecule has 1 fully saturated rings. The van der Waals surface area contributed by atoms with Crippen molar-refractivity contribution < 1.29 is 9.53 Å². The Morgan fingerprint density at radius 2 is 2.55 bits per heavy atom. The molecule has 1 rings (SSSR count). The van der Waals surface area contributed by atoms with E-state index in [0.717, 1.165) is 19.5 Å². The number of carbonyl (C=O) groups is 1. The SMILES string of the molecule is COC(=O)/C=C\C1CCNC1. The molecule has 0 aliphatic carbocycles. The van der Waals surface area contributed by atoms with Crippen LogP contribution < -0.4 is 5.32 Å². The van der Waals surface area contributed by atoms with E-state index in [0.29, 0.717) is 5.92 Å². The topological polar surface area (TPSA) is 38.3 Å². The standard InChI is InChI=1S/C8H13NO2/c1-11-8(10)3-2-7-4-5-9-6-7/h2-3,7,9H,4-6H2,1H3/b3-2-. The van der Waals surface area contributed by atoms with Gasteiger partial charge in [0.15, 0.2) is 0 Å². The monoisotopic (exact) mass is 155 g/mol. The summed E-state index contributed by atoms with van der Waals surface area (Å²) in [5.41, 5.74) is 0. The highest BCUT2D eigenvalue weighted by Crippen LogP contribution is 2.08. The zero-order chi connectivity index (χ0) is 8.10. The van der Waals surface area contributed by atoms with E-state index < -0.39 is 0 Å². The number of rotatable bonds is 2. The first-order chi connectivity index (χ1) is 5.33. The highest BCUT2D eigenvalue weighted by molar-refractivity contribution is 5.81. The Kier molecular flexibility index (Phi) is 3.11. The lowest BCUT2D eigenvalue weighted by atomic mass is 10.1. The molecule has 1 heterocycles. The third-order valence-corrected chi connectivity index (χ3v) is 1.80. The number of methoxy groups -OCH3 is 1. The van der Waals surface area contributed by atoms with Crippen molar-refractivity contribution in [3.63, 3.8) is 0 Å². The summed E-state index contributed by atoms with van der Waals surface area (Å²) in [5.74, 6) is 0.242. The summed E-state index contributed by atoms with van der Waals surface area (Å²) in [6.45, 7) is 2.03. The van der Waals surface area contributed by atoms with E-state index >= 15 is 0 Å². The Bertz CT molecular complexity index is 159. The summed E-state index contributed by atoms with van der Waals surface area (Å²) >= 11 is 0. The average Bonchev–Trinajstić information content (AvgIpc) is 2.52. The third-order valence-electron chi connectivity index (χ3n) is 1.80. The zero-order valence-electron chi connectivity index (χ0n) is 6.67. The van der Waals surface area contributed by atoms with Crippen molar-refractivity contribution in [3.05, 3.63) is 12.2 Å². The fraction of sp³-hybridized carbons (Fsp3) is 0.625. The molecule has 1 unspecified atom stereocenters. The van der Waals surface area contributed by atoms with Crippen molar-refractivity contribution in [2.45, 2.75) is 6.42 Å². The van der Waals surface area contributed by atoms with Gasteiger partial charge in [0, 0.05) is 12.6 Å². The van der Waals surface area contributed by atoms with Crippen LogP contribution in [0.5, 0.6) is 0 Å². The van der Waals surface area contributed by atoms with E-state index in [1.165, 1.54) is 13.2 Å². The van der Waals surface area contributed by atoms with Crippen LogP contribution in [0.2, 0.25) is 0 Å². The number of ether oxygens (including phenoxy) is 1. The van der Waals surface area contributed by atoms with Gasteiger partial charge in [-0.15, -0.1) is 0 Å². The second-order valence-electron chi connectivity index (χ2n) is 2.64. The molecule has 1 aliphatic rings. The first-order valence-electron chi connectivity index (χ1n) is 3.80. The van der Waals surface area contributed by atoms with Crippen LogP contribution in [-0.2, 0) is 9.53 Å². The van der Waals surface area contributed by atoms with Crippen LogP contribution in [0.4, 0.5) is 0 Å². The molecule has 0 saturated carbocycles. The summed E-state index contributed by atoms with van der Waals surface area (Å²) in [7, 11) is 1.39. The Balaban J connectivity index is 2.27. The van der Waals surface area contributed by atoms with E-state index in [2.05, 4.69) is 10.1 Å². The minimum absolute atomic E-state index is 0.267. The predicted octanol–water partition coefficient (Wildman–Crippen LogP) is 0.325. The molecule has 0 aromatic carbocycles. The van der Waals surface area contributed by atoms with E-state index in [-0.39, 0.29) is 5.97 Å². The molecule has 0 aromatic rings.